The van der Waals surface area contributed by atoms with Gasteiger partial charge in [-0.05, 0) is 56.1 Å². The van der Waals surface area contributed by atoms with Crippen LogP contribution >= 0.6 is 0 Å². The molecule has 1 N–H and O–H groups in total. The molecule has 0 radical (unpaired) electrons. The second-order valence-corrected chi connectivity index (χ2v) is 7.86. The Labute approximate surface area is 119 Å². The summed E-state index contributed by atoms with van der Waals surface area (Å²) < 4.78 is 40.9. The van der Waals surface area contributed by atoms with Gasteiger partial charge in [0.2, 0.25) is 10.0 Å². The fraction of sp³-hybridized carbons (Fsp3) is 0.600. The first kappa shape index (κ1) is 14.0. The van der Waals surface area contributed by atoms with Gasteiger partial charge in [-0.2, -0.15) is 0 Å². The summed E-state index contributed by atoms with van der Waals surface area (Å²) in [6.07, 6.45) is 4.83. The van der Waals surface area contributed by atoms with Crippen molar-refractivity contribution in [3.05, 3.63) is 30.1 Å². The largest absolute Gasteiger partial charge is 0.243 e. The lowest BCUT2D eigenvalue weighted by atomic mass is 9.84. The predicted molar refractivity (Wildman–Crippen MR) is 75.1 cm³/mol. The average Bonchev–Trinajstić information content (AvgIpc) is 3.00. The molecule has 2 bridgehead atoms. The van der Waals surface area contributed by atoms with Gasteiger partial charge in [-0.25, -0.2) is 17.5 Å². The molecular formula is C15H20FNO2S. The monoisotopic (exact) mass is 297 g/mol. The summed E-state index contributed by atoms with van der Waals surface area (Å²) in [5.74, 6) is 1.11. The summed E-state index contributed by atoms with van der Waals surface area (Å²) in [6, 6.07) is 5.39. The lowest BCUT2D eigenvalue weighted by Gasteiger charge is -2.28. The fourth-order valence-electron chi connectivity index (χ4n) is 3.96. The Morgan fingerprint density at radius 3 is 2.60 bits per heavy atom. The molecule has 0 spiro atoms. The van der Waals surface area contributed by atoms with Crippen LogP contribution in [0.15, 0.2) is 29.2 Å². The highest BCUT2D eigenvalue weighted by atomic mass is 32.2. The van der Waals surface area contributed by atoms with E-state index in [1.165, 1.54) is 37.5 Å². The van der Waals surface area contributed by atoms with E-state index in [9.17, 15) is 12.8 Å². The summed E-state index contributed by atoms with van der Waals surface area (Å²) in [5.41, 5.74) is 0. The highest BCUT2D eigenvalue weighted by Gasteiger charge is 2.42. The van der Waals surface area contributed by atoms with Gasteiger partial charge in [0.1, 0.15) is 10.7 Å². The van der Waals surface area contributed by atoms with Gasteiger partial charge in [-0.15, -0.1) is 0 Å². The van der Waals surface area contributed by atoms with Crippen LogP contribution in [0.1, 0.15) is 32.6 Å². The molecule has 2 saturated carbocycles. The van der Waals surface area contributed by atoms with Gasteiger partial charge in [0.15, 0.2) is 0 Å². The van der Waals surface area contributed by atoms with Crippen molar-refractivity contribution >= 4 is 10.0 Å². The Kier molecular flexibility index (Phi) is 3.58. The minimum absolute atomic E-state index is 0.130. The van der Waals surface area contributed by atoms with Crippen LogP contribution in [0.25, 0.3) is 0 Å². The van der Waals surface area contributed by atoms with E-state index in [1.54, 1.807) is 6.07 Å². The van der Waals surface area contributed by atoms with Crippen molar-refractivity contribution in [2.24, 2.45) is 17.8 Å². The number of sulfonamides is 1. The lowest BCUT2D eigenvalue weighted by molar-refractivity contribution is 0.280. The molecule has 0 amide bonds. The molecule has 1 aromatic carbocycles. The molecule has 1 aromatic rings. The standard InChI is InChI=1S/C15H20FNO2S/c1-10(13-9-11-6-7-12(13)8-11)17-20(18,19)15-5-3-2-4-14(15)16/h2-5,10-13,17H,6-9H2,1H3/t10-,11-,12-,13+/m0/s1. The summed E-state index contributed by atoms with van der Waals surface area (Å²) in [4.78, 5) is -0.255. The van der Waals surface area contributed by atoms with Gasteiger partial charge < -0.3 is 0 Å². The lowest BCUT2D eigenvalue weighted by Crippen LogP contribution is -2.40. The predicted octanol–water partition coefficient (Wildman–Crippen LogP) is 2.93. The van der Waals surface area contributed by atoms with E-state index in [2.05, 4.69) is 4.72 Å². The third-order valence-electron chi connectivity index (χ3n) is 4.90. The van der Waals surface area contributed by atoms with Gasteiger partial charge >= 0.3 is 0 Å². The van der Waals surface area contributed by atoms with Gasteiger partial charge in [0, 0.05) is 6.04 Å². The maximum atomic E-state index is 13.6. The van der Waals surface area contributed by atoms with E-state index in [-0.39, 0.29) is 10.9 Å². The van der Waals surface area contributed by atoms with Crippen LogP contribution in [-0.2, 0) is 10.0 Å². The van der Waals surface area contributed by atoms with E-state index in [0.29, 0.717) is 11.8 Å². The molecule has 2 fully saturated rings. The van der Waals surface area contributed by atoms with Gasteiger partial charge in [0.25, 0.3) is 0 Å². The first-order valence-electron chi connectivity index (χ1n) is 7.24. The number of halogens is 1. The first-order chi connectivity index (χ1) is 9.47. The molecule has 3 nitrogen and oxygen atoms in total. The van der Waals surface area contributed by atoms with Crippen molar-refractivity contribution in [2.45, 2.75) is 43.5 Å². The smallest absolute Gasteiger partial charge is 0.208 e. The van der Waals surface area contributed by atoms with Crippen molar-refractivity contribution in [2.75, 3.05) is 0 Å². The molecule has 2 aliphatic carbocycles. The maximum absolute atomic E-state index is 13.6. The molecule has 4 atom stereocenters. The summed E-state index contributed by atoms with van der Waals surface area (Å²) in [5, 5.41) is 0. The zero-order valence-corrected chi connectivity index (χ0v) is 12.4. The summed E-state index contributed by atoms with van der Waals surface area (Å²) in [7, 11) is -3.77. The van der Waals surface area contributed by atoms with Gasteiger partial charge in [-0.1, -0.05) is 18.6 Å². The number of hydrogen-bond acceptors (Lipinski definition) is 2. The maximum Gasteiger partial charge on any atom is 0.243 e. The minimum Gasteiger partial charge on any atom is -0.208 e. The Balaban J connectivity index is 1.75. The van der Waals surface area contributed by atoms with E-state index in [4.69, 9.17) is 0 Å². The average molecular weight is 297 g/mol. The van der Waals surface area contributed by atoms with Crippen molar-refractivity contribution in [1.29, 1.82) is 0 Å². The summed E-state index contributed by atoms with van der Waals surface area (Å²) >= 11 is 0. The second-order valence-electron chi connectivity index (χ2n) is 6.18. The number of fused-ring (bicyclic) bond motifs is 2. The van der Waals surface area contributed by atoms with Crippen LogP contribution in [0.2, 0.25) is 0 Å². The molecule has 2 aliphatic rings. The molecule has 0 saturated heterocycles. The Morgan fingerprint density at radius 2 is 2.00 bits per heavy atom. The first-order valence-corrected chi connectivity index (χ1v) is 8.72. The van der Waals surface area contributed by atoms with Crippen molar-refractivity contribution in [1.82, 2.24) is 4.72 Å². The molecule has 0 unspecified atom stereocenters. The van der Waals surface area contributed by atoms with Crippen LogP contribution in [0.3, 0.4) is 0 Å². The molecule has 20 heavy (non-hydrogen) atoms. The van der Waals surface area contributed by atoms with Crippen LogP contribution in [0, 0.1) is 23.6 Å². The third kappa shape index (κ3) is 2.49. The second kappa shape index (κ2) is 5.11. The number of benzene rings is 1. The fourth-order valence-corrected chi connectivity index (χ4v) is 5.34. The summed E-state index contributed by atoms with van der Waals surface area (Å²) in [6.45, 7) is 1.91. The zero-order valence-electron chi connectivity index (χ0n) is 11.5. The van der Waals surface area contributed by atoms with Gasteiger partial charge in [-0.3, -0.25) is 0 Å². The van der Waals surface area contributed by atoms with E-state index < -0.39 is 15.8 Å². The Bertz CT molecular complexity index is 602. The minimum atomic E-state index is -3.77. The third-order valence-corrected chi connectivity index (χ3v) is 6.49. The van der Waals surface area contributed by atoms with Crippen LogP contribution in [0.5, 0.6) is 0 Å². The molecule has 0 heterocycles. The van der Waals surface area contributed by atoms with E-state index in [1.807, 2.05) is 6.92 Å². The van der Waals surface area contributed by atoms with Crippen LogP contribution in [0.4, 0.5) is 4.39 Å². The molecule has 0 aliphatic heterocycles. The van der Waals surface area contributed by atoms with Crippen molar-refractivity contribution in [3.8, 4) is 0 Å². The topological polar surface area (TPSA) is 46.2 Å². The molecule has 5 heteroatoms. The molecule has 0 aromatic heterocycles. The van der Waals surface area contributed by atoms with Gasteiger partial charge in [0.05, 0.1) is 0 Å². The zero-order chi connectivity index (χ0) is 14.3. The molecular weight excluding hydrogens is 277 g/mol. The van der Waals surface area contributed by atoms with Crippen LogP contribution < -0.4 is 4.72 Å². The molecule has 3 rings (SSSR count). The van der Waals surface area contributed by atoms with E-state index in [0.717, 1.165) is 12.3 Å². The highest BCUT2D eigenvalue weighted by molar-refractivity contribution is 7.89. The normalized spacial score (nSPS) is 30.6. The number of rotatable bonds is 4. The molecule has 110 valence electrons. The van der Waals surface area contributed by atoms with Crippen LogP contribution in [-0.4, -0.2) is 14.5 Å². The van der Waals surface area contributed by atoms with E-state index >= 15 is 0 Å². The Morgan fingerprint density at radius 1 is 1.25 bits per heavy atom. The number of hydrogen-bond donors (Lipinski definition) is 1. The van der Waals surface area contributed by atoms with Crippen molar-refractivity contribution in [3.63, 3.8) is 0 Å². The quantitative estimate of drug-likeness (QED) is 0.929. The number of nitrogens with one attached hydrogen (secondary N) is 1. The Hall–Kier alpha value is -0.940. The van der Waals surface area contributed by atoms with Crippen molar-refractivity contribution < 1.29 is 12.8 Å². The SMILES string of the molecule is C[C@H](NS(=O)(=O)c1ccccc1F)[C@H]1C[C@H]2CC[C@H]1C2. The highest BCUT2D eigenvalue weighted by Crippen LogP contribution is 2.49.